The molecular weight excluding hydrogens is 178 g/mol. The number of nitrogens with one attached hydrogen (secondary N) is 1. The third-order valence-corrected chi connectivity index (χ3v) is 1.86. The van der Waals surface area contributed by atoms with Crippen molar-refractivity contribution < 1.29 is 0 Å². The molecule has 0 fully saturated rings. The van der Waals surface area contributed by atoms with E-state index in [-0.39, 0.29) is 0 Å². The summed E-state index contributed by atoms with van der Waals surface area (Å²) in [6.07, 6.45) is 3.33. The van der Waals surface area contributed by atoms with E-state index in [4.69, 9.17) is 5.73 Å². The van der Waals surface area contributed by atoms with E-state index >= 15 is 0 Å². The molecule has 0 aliphatic heterocycles. The predicted octanol–water partition coefficient (Wildman–Crippen LogP) is 1.14. The molecule has 0 atom stereocenters. The lowest BCUT2D eigenvalue weighted by atomic mass is 10.4. The molecule has 5 heteroatoms. The van der Waals surface area contributed by atoms with Gasteiger partial charge in [0.2, 0.25) is 0 Å². The average Bonchev–Trinajstić information content (AvgIpc) is 2.56. The van der Waals surface area contributed by atoms with Gasteiger partial charge in [-0.05, 0) is 12.1 Å². The zero-order valence-electron chi connectivity index (χ0n) is 7.81. The molecule has 0 spiro atoms. The third kappa shape index (κ3) is 1.66. The van der Waals surface area contributed by atoms with Crippen molar-refractivity contribution in [3.05, 3.63) is 30.6 Å². The van der Waals surface area contributed by atoms with Crippen molar-refractivity contribution in [1.82, 2.24) is 14.8 Å². The Morgan fingerprint density at radius 3 is 2.79 bits per heavy atom. The van der Waals surface area contributed by atoms with Gasteiger partial charge in [0.1, 0.15) is 11.6 Å². The van der Waals surface area contributed by atoms with E-state index in [0.29, 0.717) is 5.69 Å². The van der Waals surface area contributed by atoms with Crippen LogP contribution in [0.25, 0.3) is 0 Å². The van der Waals surface area contributed by atoms with Crippen LogP contribution in [0.4, 0.5) is 17.3 Å². The van der Waals surface area contributed by atoms with E-state index in [9.17, 15) is 0 Å². The number of hydrogen-bond acceptors (Lipinski definition) is 4. The standard InChI is InChI=1S/C9H11N5/c1-14-9(4-5-12-14)13-8-3-2-7(10)6-11-8/h2-6H,10H2,1H3,(H,11,13). The second-order valence-electron chi connectivity index (χ2n) is 2.94. The Bertz CT molecular complexity index is 417. The normalized spacial score (nSPS) is 10.1. The number of hydrogen-bond donors (Lipinski definition) is 2. The quantitative estimate of drug-likeness (QED) is 0.743. The molecule has 2 heterocycles. The van der Waals surface area contributed by atoms with Crippen molar-refractivity contribution in [3.8, 4) is 0 Å². The van der Waals surface area contributed by atoms with Crippen molar-refractivity contribution in [2.24, 2.45) is 7.05 Å². The largest absolute Gasteiger partial charge is 0.397 e. The first kappa shape index (κ1) is 8.55. The van der Waals surface area contributed by atoms with Gasteiger partial charge < -0.3 is 11.1 Å². The van der Waals surface area contributed by atoms with E-state index in [1.165, 1.54) is 0 Å². The summed E-state index contributed by atoms with van der Waals surface area (Å²) in [7, 11) is 1.86. The molecule has 0 saturated heterocycles. The van der Waals surface area contributed by atoms with Crippen molar-refractivity contribution in [1.29, 1.82) is 0 Å². The molecule has 0 bridgehead atoms. The molecule has 0 aliphatic carbocycles. The van der Waals surface area contributed by atoms with Gasteiger partial charge in [0.15, 0.2) is 0 Å². The minimum atomic E-state index is 0.653. The van der Waals surface area contributed by atoms with Crippen molar-refractivity contribution in [2.45, 2.75) is 0 Å². The minimum absolute atomic E-state index is 0.653. The SMILES string of the molecule is Cn1nccc1Nc1ccc(N)cn1. The number of anilines is 3. The molecule has 3 N–H and O–H groups in total. The molecule has 72 valence electrons. The lowest BCUT2D eigenvalue weighted by molar-refractivity contribution is 0.776. The summed E-state index contributed by atoms with van der Waals surface area (Å²) < 4.78 is 1.73. The van der Waals surface area contributed by atoms with Crippen LogP contribution in [0.15, 0.2) is 30.6 Å². The van der Waals surface area contributed by atoms with Gasteiger partial charge in [-0.25, -0.2) is 4.98 Å². The van der Waals surface area contributed by atoms with E-state index in [1.807, 2.05) is 19.2 Å². The highest BCUT2D eigenvalue weighted by molar-refractivity contribution is 5.53. The molecule has 0 radical (unpaired) electrons. The Balaban J connectivity index is 2.19. The Morgan fingerprint density at radius 2 is 2.21 bits per heavy atom. The molecule has 0 amide bonds. The highest BCUT2D eigenvalue weighted by Crippen LogP contribution is 2.13. The summed E-state index contributed by atoms with van der Waals surface area (Å²) in [4.78, 5) is 4.12. The molecule has 2 aromatic rings. The first-order valence-corrected chi connectivity index (χ1v) is 4.22. The summed E-state index contributed by atoms with van der Waals surface area (Å²) >= 11 is 0. The van der Waals surface area contributed by atoms with Gasteiger partial charge in [0.05, 0.1) is 18.1 Å². The first-order chi connectivity index (χ1) is 6.75. The summed E-state index contributed by atoms with van der Waals surface area (Å²) in [6.45, 7) is 0. The van der Waals surface area contributed by atoms with Gasteiger partial charge in [0, 0.05) is 13.1 Å². The number of aryl methyl sites for hydroxylation is 1. The Labute approximate surface area is 81.6 Å². The van der Waals surface area contributed by atoms with Gasteiger partial charge >= 0.3 is 0 Å². The van der Waals surface area contributed by atoms with Crippen LogP contribution in [0, 0.1) is 0 Å². The molecule has 0 aromatic carbocycles. The fraction of sp³-hybridized carbons (Fsp3) is 0.111. The van der Waals surface area contributed by atoms with Crippen LogP contribution in [-0.4, -0.2) is 14.8 Å². The molecule has 5 nitrogen and oxygen atoms in total. The second kappa shape index (κ2) is 3.37. The van der Waals surface area contributed by atoms with E-state index in [1.54, 1.807) is 23.1 Å². The van der Waals surface area contributed by atoms with Gasteiger partial charge in [0.25, 0.3) is 0 Å². The van der Waals surface area contributed by atoms with Gasteiger partial charge in [-0.1, -0.05) is 0 Å². The van der Waals surface area contributed by atoms with E-state index < -0.39 is 0 Å². The summed E-state index contributed by atoms with van der Waals surface area (Å²) in [5.74, 6) is 1.64. The molecule has 0 saturated carbocycles. The molecular formula is C9H11N5. The van der Waals surface area contributed by atoms with Crippen molar-refractivity contribution >= 4 is 17.3 Å². The monoisotopic (exact) mass is 189 g/mol. The smallest absolute Gasteiger partial charge is 0.131 e. The Kier molecular flexibility index (Phi) is 2.06. The van der Waals surface area contributed by atoms with Crippen LogP contribution >= 0.6 is 0 Å². The Morgan fingerprint density at radius 1 is 1.36 bits per heavy atom. The maximum atomic E-state index is 5.52. The van der Waals surface area contributed by atoms with Crippen molar-refractivity contribution in [2.75, 3.05) is 11.1 Å². The number of nitrogen functional groups attached to an aromatic ring is 1. The summed E-state index contributed by atoms with van der Waals surface area (Å²) in [5.41, 5.74) is 6.18. The molecule has 0 unspecified atom stereocenters. The van der Waals surface area contributed by atoms with E-state index in [0.717, 1.165) is 11.6 Å². The van der Waals surface area contributed by atoms with Crippen LogP contribution < -0.4 is 11.1 Å². The zero-order valence-corrected chi connectivity index (χ0v) is 7.81. The van der Waals surface area contributed by atoms with Crippen LogP contribution in [0.5, 0.6) is 0 Å². The highest BCUT2D eigenvalue weighted by atomic mass is 15.3. The van der Waals surface area contributed by atoms with E-state index in [2.05, 4.69) is 15.4 Å². The second-order valence-corrected chi connectivity index (χ2v) is 2.94. The zero-order chi connectivity index (χ0) is 9.97. The topological polar surface area (TPSA) is 68.8 Å². The summed E-state index contributed by atoms with van der Waals surface area (Å²) in [6, 6.07) is 5.49. The van der Waals surface area contributed by atoms with Gasteiger partial charge in [-0.3, -0.25) is 4.68 Å². The summed E-state index contributed by atoms with van der Waals surface area (Å²) in [5, 5.41) is 7.15. The van der Waals surface area contributed by atoms with Gasteiger partial charge in [-0.2, -0.15) is 5.10 Å². The lowest BCUT2D eigenvalue weighted by Gasteiger charge is -2.04. The first-order valence-electron chi connectivity index (χ1n) is 4.22. The third-order valence-electron chi connectivity index (χ3n) is 1.86. The Hall–Kier alpha value is -2.04. The minimum Gasteiger partial charge on any atom is -0.397 e. The van der Waals surface area contributed by atoms with Crippen molar-refractivity contribution in [3.63, 3.8) is 0 Å². The molecule has 2 rings (SSSR count). The number of rotatable bonds is 2. The molecule has 0 aliphatic rings. The number of nitrogens with zero attached hydrogens (tertiary/aromatic N) is 3. The maximum Gasteiger partial charge on any atom is 0.131 e. The maximum absolute atomic E-state index is 5.52. The highest BCUT2D eigenvalue weighted by Gasteiger charge is 1.98. The number of aromatic nitrogens is 3. The molecule has 14 heavy (non-hydrogen) atoms. The predicted molar refractivity (Wildman–Crippen MR) is 55.1 cm³/mol. The number of pyridine rings is 1. The van der Waals surface area contributed by atoms with Crippen LogP contribution in [0.3, 0.4) is 0 Å². The lowest BCUT2D eigenvalue weighted by Crippen LogP contribution is -2.00. The van der Waals surface area contributed by atoms with Gasteiger partial charge in [-0.15, -0.1) is 0 Å². The van der Waals surface area contributed by atoms with Crippen LogP contribution in [0.1, 0.15) is 0 Å². The average molecular weight is 189 g/mol. The fourth-order valence-corrected chi connectivity index (χ4v) is 1.11. The van der Waals surface area contributed by atoms with Crippen LogP contribution in [0.2, 0.25) is 0 Å². The number of nitrogens with two attached hydrogens (primary N) is 1. The van der Waals surface area contributed by atoms with Crippen LogP contribution in [-0.2, 0) is 7.05 Å². The molecule has 2 aromatic heterocycles. The fourth-order valence-electron chi connectivity index (χ4n) is 1.11.